The summed E-state index contributed by atoms with van der Waals surface area (Å²) in [5.41, 5.74) is -0.627. The van der Waals surface area contributed by atoms with E-state index in [0.717, 1.165) is 11.0 Å². The fraction of sp³-hybridized carbons (Fsp3) is 0.200. The van der Waals surface area contributed by atoms with Crippen LogP contribution in [0.5, 0.6) is 0 Å². The maximum atomic E-state index is 11.9. The normalized spacial score (nSPS) is 15.1. The van der Waals surface area contributed by atoms with E-state index < -0.39 is 15.6 Å². The Morgan fingerprint density at radius 1 is 1.24 bits per heavy atom. The highest BCUT2D eigenvalue weighted by atomic mass is 32.2. The quantitative estimate of drug-likeness (QED) is 0.856. The van der Waals surface area contributed by atoms with Gasteiger partial charge in [0.1, 0.15) is 11.4 Å². The van der Waals surface area contributed by atoms with Gasteiger partial charge in [0.25, 0.3) is 0 Å². The van der Waals surface area contributed by atoms with Gasteiger partial charge in [-0.1, -0.05) is 30.3 Å². The maximum absolute atomic E-state index is 11.9. The van der Waals surface area contributed by atoms with Crippen molar-refractivity contribution in [3.05, 3.63) is 65.5 Å². The third-order valence-electron chi connectivity index (χ3n) is 2.91. The van der Waals surface area contributed by atoms with Crippen LogP contribution in [0, 0.1) is 0 Å². The molecule has 0 saturated carbocycles. The smallest absolute Gasteiger partial charge is 0.233 e. The first-order chi connectivity index (χ1) is 9.89. The Hall–Kier alpha value is -1.89. The molecule has 5 nitrogen and oxygen atoms in total. The maximum Gasteiger partial charge on any atom is 0.233 e. The van der Waals surface area contributed by atoms with E-state index in [2.05, 4.69) is 4.72 Å². The zero-order valence-corrected chi connectivity index (χ0v) is 12.4. The van der Waals surface area contributed by atoms with Gasteiger partial charge >= 0.3 is 0 Å². The number of nitrogens with one attached hydrogen (secondary N) is 1. The van der Waals surface area contributed by atoms with Crippen molar-refractivity contribution < 1.29 is 17.9 Å². The van der Waals surface area contributed by atoms with E-state index in [0.29, 0.717) is 5.76 Å². The van der Waals surface area contributed by atoms with Crippen LogP contribution in [0.3, 0.4) is 0 Å². The van der Waals surface area contributed by atoms with Crippen molar-refractivity contribution in [1.82, 2.24) is 4.72 Å². The lowest BCUT2D eigenvalue weighted by Gasteiger charge is -2.20. The second-order valence-corrected chi connectivity index (χ2v) is 6.48. The first kappa shape index (κ1) is 15.5. The molecule has 1 aromatic heterocycles. The van der Waals surface area contributed by atoms with E-state index in [1.807, 2.05) is 18.2 Å². The molecule has 0 saturated heterocycles. The minimum atomic E-state index is -3.64. The van der Waals surface area contributed by atoms with Crippen molar-refractivity contribution in [1.29, 1.82) is 0 Å². The van der Waals surface area contributed by atoms with Crippen molar-refractivity contribution in [2.75, 3.05) is 6.54 Å². The average molecular weight is 307 g/mol. The third-order valence-corrected chi connectivity index (χ3v) is 3.95. The molecule has 0 fully saturated rings. The van der Waals surface area contributed by atoms with Crippen molar-refractivity contribution in [3.8, 4) is 0 Å². The van der Waals surface area contributed by atoms with E-state index in [4.69, 9.17) is 4.42 Å². The molecule has 0 aliphatic rings. The van der Waals surface area contributed by atoms with Gasteiger partial charge in [-0.05, 0) is 30.7 Å². The van der Waals surface area contributed by atoms with Gasteiger partial charge < -0.3 is 9.52 Å². The molecule has 1 heterocycles. The lowest BCUT2D eigenvalue weighted by atomic mass is 10.1. The Kier molecular flexibility index (Phi) is 4.62. The molecular formula is C15H17NO4S. The van der Waals surface area contributed by atoms with Crippen LogP contribution in [0.2, 0.25) is 0 Å². The van der Waals surface area contributed by atoms with Crippen molar-refractivity contribution in [3.63, 3.8) is 0 Å². The van der Waals surface area contributed by atoms with Crippen molar-refractivity contribution in [2.24, 2.45) is 0 Å². The molecule has 21 heavy (non-hydrogen) atoms. The predicted molar refractivity (Wildman–Crippen MR) is 80.7 cm³/mol. The Balaban J connectivity index is 2.00. The number of hydrogen-bond acceptors (Lipinski definition) is 4. The fourth-order valence-corrected chi connectivity index (χ4v) is 2.61. The molecule has 112 valence electrons. The average Bonchev–Trinajstić information content (AvgIpc) is 3.00. The summed E-state index contributed by atoms with van der Waals surface area (Å²) in [5, 5.41) is 11.2. The molecular weight excluding hydrogens is 290 g/mol. The van der Waals surface area contributed by atoms with Gasteiger partial charge in [-0.3, -0.25) is 0 Å². The molecule has 2 rings (SSSR count). The summed E-state index contributed by atoms with van der Waals surface area (Å²) in [6.45, 7) is 1.30. The molecule has 0 bridgehead atoms. The van der Waals surface area contributed by atoms with Crippen LogP contribution >= 0.6 is 0 Å². The fourth-order valence-electron chi connectivity index (χ4n) is 1.69. The summed E-state index contributed by atoms with van der Waals surface area (Å²) in [6.07, 6.45) is 2.91. The second kappa shape index (κ2) is 6.26. The lowest BCUT2D eigenvalue weighted by molar-refractivity contribution is 0.0396. The monoisotopic (exact) mass is 307 g/mol. The van der Waals surface area contributed by atoms with Crippen LogP contribution in [-0.2, 0) is 15.6 Å². The van der Waals surface area contributed by atoms with Gasteiger partial charge in [-0.2, -0.15) is 0 Å². The molecule has 2 N–H and O–H groups in total. The van der Waals surface area contributed by atoms with Crippen LogP contribution < -0.4 is 4.72 Å². The van der Waals surface area contributed by atoms with E-state index in [1.165, 1.54) is 19.3 Å². The first-order valence-corrected chi connectivity index (χ1v) is 7.93. The number of rotatable bonds is 6. The highest BCUT2D eigenvalue weighted by molar-refractivity contribution is 7.92. The molecule has 0 aliphatic carbocycles. The van der Waals surface area contributed by atoms with E-state index in [-0.39, 0.29) is 6.54 Å². The molecule has 6 heteroatoms. The predicted octanol–water partition coefficient (Wildman–Crippen LogP) is 2.08. The van der Waals surface area contributed by atoms with Gasteiger partial charge in [-0.25, -0.2) is 13.1 Å². The molecule has 2 aromatic rings. The van der Waals surface area contributed by atoms with Gasteiger partial charge in [0, 0.05) is 12.0 Å². The SMILES string of the molecule is CC(O)(CNS(=O)(=O)/C=C/c1ccccc1)c1ccco1. The largest absolute Gasteiger partial charge is 0.466 e. The zero-order chi connectivity index (χ0) is 15.3. The standard InChI is InChI=1S/C15H17NO4S/c1-15(17,14-8-5-10-20-14)12-16-21(18,19)11-9-13-6-3-2-4-7-13/h2-11,16-17H,12H2,1H3/b11-9+. The Bertz CT molecular complexity index is 689. The summed E-state index contributed by atoms with van der Waals surface area (Å²) in [7, 11) is -3.64. The van der Waals surface area contributed by atoms with E-state index in [1.54, 1.807) is 24.3 Å². The number of aliphatic hydroxyl groups is 1. The molecule has 0 spiro atoms. The first-order valence-electron chi connectivity index (χ1n) is 6.38. The highest BCUT2D eigenvalue weighted by Gasteiger charge is 2.27. The molecule has 0 aliphatic heterocycles. The van der Waals surface area contributed by atoms with Crippen LogP contribution in [0.1, 0.15) is 18.2 Å². The highest BCUT2D eigenvalue weighted by Crippen LogP contribution is 2.20. The minimum Gasteiger partial charge on any atom is -0.466 e. The zero-order valence-electron chi connectivity index (χ0n) is 11.6. The molecule has 0 amide bonds. The Labute approximate surface area is 124 Å². The summed E-state index contributed by atoms with van der Waals surface area (Å²) in [4.78, 5) is 0. The summed E-state index contributed by atoms with van der Waals surface area (Å²) < 4.78 is 31.2. The van der Waals surface area contributed by atoms with Crippen LogP contribution in [0.4, 0.5) is 0 Å². The summed E-state index contributed by atoms with van der Waals surface area (Å²) in [6, 6.07) is 12.3. The second-order valence-electron chi connectivity index (χ2n) is 4.83. The van der Waals surface area contributed by atoms with Crippen LogP contribution in [0.15, 0.2) is 58.6 Å². The molecule has 1 unspecified atom stereocenters. The third kappa shape index (κ3) is 4.56. The van der Waals surface area contributed by atoms with Crippen molar-refractivity contribution in [2.45, 2.75) is 12.5 Å². The molecule has 0 radical (unpaired) electrons. The van der Waals surface area contributed by atoms with E-state index >= 15 is 0 Å². The molecule has 1 atom stereocenters. The van der Waals surface area contributed by atoms with Gasteiger partial charge in [0.05, 0.1) is 6.26 Å². The van der Waals surface area contributed by atoms with Crippen LogP contribution in [0.25, 0.3) is 6.08 Å². The number of furan rings is 1. The van der Waals surface area contributed by atoms with Gasteiger partial charge in [0.15, 0.2) is 0 Å². The lowest BCUT2D eigenvalue weighted by Crippen LogP contribution is -2.37. The van der Waals surface area contributed by atoms with Crippen LogP contribution in [-0.4, -0.2) is 20.1 Å². The number of sulfonamides is 1. The van der Waals surface area contributed by atoms with E-state index in [9.17, 15) is 13.5 Å². The summed E-state index contributed by atoms with van der Waals surface area (Å²) >= 11 is 0. The van der Waals surface area contributed by atoms with Gasteiger partial charge in [-0.15, -0.1) is 0 Å². The molecule has 1 aromatic carbocycles. The Morgan fingerprint density at radius 2 is 1.95 bits per heavy atom. The topological polar surface area (TPSA) is 79.5 Å². The minimum absolute atomic E-state index is 0.179. The number of hydrogen-bond donors (Lipinski definition) is 2. The number of benzene rings is 1. The summed E-state index contributed by atoms with van der Waals surface area (Å²) in [5.74, 6) is 0.303. The van der Waals surface area contributed by atoms with Crippen molar-refractivity contribution >= 4 is 16.1 Å². The Morgan fingerprint density at radius 3 is 2.57 bits per heavy atom. The van der Waals surface area contributed by atoms with Gasteiger partial charge in [0.2, 0.25) is 10.0 Å².